The number of aromatic nitrogens is 1. The van der Waals surface area contributed by atoms with Crippen LogP contribution in [0.1, 0.15) is 25.1 Å². The Morgan fingerprint density at radius 1 is 1.27 bits per heavy atom. The van der Waals surface area contributed by atoms with Crippen molar-refractivity contribution in [2.45, 2.75) is 25.6 Å². The number of rotatable bonds is 8. The Labute approximate surface area is 148 Å². The minimum atomic E-state index is -4.52. The number of esters is 1. The fourth-order valence-corrected chi connectivity index (χ4v) is 3.73. The van der Waals surface area contributed by atoms with E-state index in [9.17, 15) is 22.5 Å². The van der Waals surface area contributed by atoms with Gasteiger partial charge in [0.1, 0.15) is 6.16 Å². The number of pyridine rings is 1. The highest BCUT2D eigenvalue weighted by atomic mass is 31.2. The van der Waals surface area contributed by atoms with E-state index in [1.54, 1.807) is 13.8 Å². The Kier molecular flexibility index (Phi) is 6.44. The Morgan fingerprint density at radius 3 is 2.27 bits per heavy atom. The molecule has 26 heavy (non-hydrogen) atoms. The molecule has 1 aliphatic rings. The lowest BCUT2D eigenvalue weighted by Crippen LogP contribution is -2.51. The second-order valence-corrected chi connectivity index (χ2v) is 7.55. The number of ether oxygens (including phenoxy) is 2. The third-order valence-electron chi connectivity index (χ3n) is 3.51. The van der Waals surface area contributed by atoms with E-state index in [1.807, 2.05) is 0 Å². The van der Waals surface area contributed by atoms with Gasteiger partial charge in [0.15, 0.2) is 5.60 Å². The van der Waals surface area contributed by atoms with Gasteiger partial charge in [-0.05, 0) is 26.0 Å². The van der Waals surface area contributed by atoms with Gasteiger partial charge in [-0.15, -0.1) is 0 Å². The third kappa shape index (κ3) is 4.82. The molecule has 1 aliphatic heterocycles. The zero-order chi connectivity index (χ0) is 19.4. The number of halogens is 3. The largest absolute Gasteiger partial charge is 0.447 e. The average molecular weight is 397 g/mol. The van der Waals surface area contributed by atoms with Gasteiger partial charge < -0.3 is 18.5 Å². The summed E-state index contributed by atoms with van der Waals surface area (Å²) in [4.78, 5) is 16.0. The Balaban J connectivity index is 2.12. The molecule has 0 unspecified atom stereocenters. The van der Waals surface area contributed by atoms with Crippen molar-refractivity contribution >= 4 is 13.6 Å². The van der Waals surface area contributed by atoms with Gasteiger partial charge in [-0.2, -0.15) is 13.2 Å². The van der Waals surface area contributed by atoms with Gasteiger partial charge in [-0.3, -0.25) is 14.3 Å². The van der Waals surface area contributed by atoms with Crippen LogP contribution in [-0.2, 0) is 39.7 Å². The maximum atomic E-state index is 12.6. The summed E-state index contributed by atoms with van der Waals surface area (Å²) in [5.41, 5.74) is -2.11. The van der Waals surface area contributed by atoms with E-state index in [0.717, 1.165) is 12.1 Å². The zero-order valence-electron chi connectivity index (χ0n) is 14.2. The highest BCUT2D eigenvalue weighted by Gasteiger charge is 2.47. The number of carbonyl (C=O) groups excluding carboxylic acids is 1. The van der Waals surface area contributed by atoms with Crippen molar-refractivity contribution in [3.05, 3.63) is 29.6 Å². The molecule has 1 saturated heterocycles. The SMILES string of the molecule is CCOP(=O)(CC(=O)OC1(c2ccc(C(F)(F)F)cn2)COC1)OCC. The van der Waals surface area contributed by atoms with Gasteiger partial charge in [0.25, 0.3) is 0 Å². The summed E-state index contributed by atoms with van der Waals surface area (Å²) in [5.74, 6) is -0.875. The normalized spacial score (nSPS) is 16.8. The molecule has 0 saturated carbocycles. The summed E-state index contributed by atoms with van der Waals surface area (Å²) in [7, 11) is -3.65. The van der Waals surface area contributed by atoms with E-state index in [2.05, 4.69) is 4.98 Å². The van der Waals surface area contributed by atoms with Gasteiger partial charge >= 0.3 is 19.7 Å². The summed E-state index contributed by atoms with van der Waals surface area (Å²) in [6.45, 7) is 3.24. The number of alkyl halides is 3. The number of hydrogen-bond donors (Lipinski definition) is 0. The van der Waals surface area contributed by atoms with Crippen molar-refractivity contribution < 1.29 is 41.1 Å². The van der Waals surface area contributed by atoms with Gasteiger partial charge in [0.05, 0.1) is 37.7 Å². The molecular weight excluding hydrogens is 378 g/mol. The van der Waals surface area contributed by atoms with E-state index in [1.165, 1.54) is 0 Å². The highest BCUT2D eigenvalue weighted by molar-refractivity contribution is 7.54. The van der Waals surface area contributed by atoms with Crippen molar-refractivity contribution in [3.63, 3.8) is 0 Å². The molecule has 7 nitrogen and oxygen atoms in total. The first kappa shape index (κ1) is 20.8. The van der Waals surface area contributed by atoms with Crippen molar-refractivity contribution in [2.75, 3.05) is 32.6 Å². The predicted octanol–water partition coefficient (Wildman–Crippen LogP) is 3.14. The van der Waals surface area contributed by atoms with Gasteiger partial charge in [0, 0.05) is 6.20 Å². The zero-order valence-corrected chi connectivity index (χ0v) is 15.1. The standard InChI is InChI=1S/C15H19F3NO6P/c1-3-23-26(21,24-4-2)8-13(20)25-14(9-22-10-14)12-6-5-11(7-19-12)15(16,17)18/h5-7H,3-4,8-10H2,1-2H3. The van der Waals surface area contributed by atoms with Crippen molar-refractivity contribution in [1.29, 1.82) is 0 Å². The van der Waals surface area contributed by atoms with E-state index >= 15 is 0 Å². The van der Waals surface area contributed by atoms with E-state index in [4.69, 9.17) is 18.5 Å². The lowest BCUT2D eigenvalue weighted by Gasteiger charge is -2.40. The summed E-state index contributed by atoms with van der Waals surface area (Å²) < 4.78 is 70.8. The maximum Gasteiger partial charge on any atom is 0.417 e. The van der Waals surface area contributed by atoms with Gasteiger partial charge in [0.2, 0.25) is 0 Å². The minimum Gasteiger partial charge on any atom is -0.447 e. The topological polar surface area (TPSA) is 84.0 Å². The lowest BCUT2D eigenvalue weighted by atomic mass is 9.96. The van der Waals surface area contributed by atoms with Gasteiger partial charge in [-0.1, -0.05) is 0 Å². The average Bonchev–Trinajstić information content (AvgIpc) is 2.50. The van der Waals surface area contributed by atoms with E-state index in [-0.39, 0.29) is 32.1 Å². The van der Waals surface area contributed by atoms with Crippen LogP contribution in [0.3, 0.4) is 0 Å². The van der Waals surface area contributed by atoms with Crippen molar-refractivity contribution in [3.8, 4) is 0 Å². The van der Waals surface area contributed by atoms with Crippen LogP contribution >= 0.6 is 7.60 Å². The fraction of sp³-hybridized carbons (Fsp3) is 0.600. The van der Waals surface area contributed by atoms with Crippen LogP contribution < -0.4 is 0 Å². The van der Waals surface area contributed by atoms with Crippen LogP contribution in [0, 0.1) is 0 Å². The molecule has 2 rings (SSSR count). The number of hydrogen-bond acceptors (Lipinski definition) is 7. The van der Waals surface area contributed by atoms with Crippen molar-refractivity contribution in [2.24, 2.45) is 0 Å². The second kappa shape index (κ2) is 8.04. The molecule has 0 aliphatic carbocycles. The van der Waals surface area contributed by atoms with Crippen LogP contribution in [0.15, 0.2) is 18.3 Å². The van der Waals surface area contributed by atoms with Crippen LogP contribution in [-0.4, -0.2) is 43.5 Å². The summed E-state index contributed by atoms with van der Waals surface area (Å²) >= 11 is 0. The molecule has 1 fully saturated rings. The molecule has 0 N–H and O–H groups in total. The van der Waals surface area contributed by atoms with E-state index in [0.29, 0.717) is 6.20 Å². The molecule has 0 amide bonds. The minimum absolute atomic E-state index is 0.0648. The van der Waals surface area contributed by atoms with Crippen LogP contribution in [0.5, 0.6) is 0 Å². The summed E-state index contributed by atoms with van der Waals surface area (Å²) in [5, 5.41) is 0. The molecule has 0 spiro atoms. The number of nitrogens with zero attached hydrogens (tertiary/aromatic N) is 1. The second-order valence-electron chi connectivity index (χ2n) is 5.50. The monoisotopic (exact) mass is 397 g/mol. The fourth-order valence-electron chi connectivity index (χ4n) is 2.31. The molecule has 1 aromatic heterocycles. The smallest absolute Gasteiger partial charge is 0.417 e. The summed E-state index contributed by atoms with van der Waals surface area (Å²) in [6.07, 6.45) is -4.47. The number of carbonyl (C=O) groups is 1. The first-order valence-corrected chi connectivity index (χ1v) is 9.58. The Hall–Kier alpha value is -1.48. The molecule has 0 radical (unpaired) electrons. The first-order chi connectivity index (χ1) is 12.1. The first-order valence-electron chi connectivity index (χ1n) is 7.85. The van der Waals surface area contributed by atoms with Crippen LogP contribution in [0.4, 0.5) is 13.2 Å². The third-order valence-corrected chi connectivity index (χ3v) is 5.46. The van der Waals surface area contributed by atoms with E-state index < -0.39 is 37.1 Å². The predicted molar refractivity (Wildman–Crippen MR) is 83.6 cm³/mol. The molecule has 1 aromatic rings. The molecule has 0 atom stereocenters. The van der Waals surface area contributed by atoms with Gasteiger partial charge in [-0.25, -0.2) is 0 Å². The maximum absolute atomic E-state index is 12.6. The lowest BCUT2D eigenvalue weighted by molar-refractivity contribution is -0.217. The van der Waals surface area contributed by atoms with Crippen LogP contribution in [0.25, 0.3) is 0 Å². The quantitative estimate of drug-likeness (QED) is 0.492. The molecule has 11 heteroatoms. The van der Waals surface area contributed by atoms with Crippen LogP contribution in [0.2, 0.25) is 0 Å². The molecule has 0 aromatic carbocycles. The highest BCUT2D eigenvalue weighted by Crippen LogP contribution is 2.48. The molecule has 2 heterocycles. The summed E-state index contributed by atoms with van der Waals surface area (Å²) in [6, 6.07) is 1.98. The molecule has 146 valence electrons. The molecule has 0 bridgehead atoms. The Morgan fingerprint density at radius 2 is 1.88 bits per heavy atom. The Bertz CT molecular complexity index is 665. The molecular formula is C15H19F3NO6P. The van der Waals surface area contributed by atoms with Crippen molar-refractivity contribution in [1.82, 2.24) is 4.98 Å².